The number of aromatic hydroxyl groups is 1. The lowest BCUT2D eigenvalue weighted by Crippen LogP contribution is -2.46. The second kappa shape index (κ2) is 17.7. The van der Waals surface area contributed by atoms with Gasteiger partial charge in [0.1, 0.15) is 34.5 Å². The predicted molar refractivity (Wildman–Crippen MR) is 246 cm³/mol. The number of benzene rings is 3. The van der Waals surface area contributed by atoms with Crippen LogP contribution in [0.3, 0.4) is 0 Å². The molecule has 4 aromatic rings. The number of carbonyl (C=O) groups excluding carboxylic acids is 2. The molecule has 5 N–H and O–H groups in total. The number of amides is 1. The first-order chi connectivity index (χ1) is 30.6. The molecule has 0 unspecified atom stereocenters. The number of aromatic nitrogens is 1. The van der Waals surface area contributed by atoms with Gasteiger partial charge in [-0.25, -0.2) is 4.98 Å². The molecule has 0 spiro atoms. The highest BCUT2D eigenvalue weighted by Gasteiger charge is 2.44. The van der Waals surface area contributed by atoms with E-state index in [0.717, 1.165) is 6.42 Å². The van der Waals surface area contributed by atoms with Crippen molar-refractivity contribution in [1.29, 1.82) is 0 Å². The molecule has 65 heavy (non-hydrogen) atoms. The van der Waals surface area contributed by atoms with E-state index < -0.39 is 88.1 Å². The molecular formula is C48H58N4O13. The van der Waals surface area contributed by atoms with Gasteiger partial charge in [-0.1, -0.05) is 45.9 Å². The first kappa shape index (κ1) is 46.8. The van der Waals surface area contributed by atoms with Crippen LogP contribution in [0.1, 0.15) is 60.5 Å². The molecule has 7 rings (SSSR count). The number of aliphatic hydroxyl groups excluding tert-OH is 3. The quantitative estimate of drug-likeness (QED) is 0.103. The molecule has 3 aromatic carbocycles. The number of rotatable bonds is 2. The van der Waals surface area contributed by atoms with Crippen LogP contribution < -0.4 is 35.9 Å². The summed E-state index contributed by atoms with van der Waals surface area (Å²) in [6, 6.07) is 1.47. The minimum absolute atomic E-state index is 0.0515. The van der Waals surface area contributed by atoms with Crippen molar-refractivity contribution in [2.45, 2.75) is 92.0 Å². The van der Waals surface area contributed by atoms with Crippen molar-refractivity contribution in [3.8, 4) is 11.5 Å². The van der Waals surface area contributed by atoms with Crippen LogP contribution in [0.25, 0.3) is 38.7 Å². The lowest BCUT2D eigenvalue weighted by atomic mass is 9.78. The zero-order chi connectivity index (χ0) is 47.6. The van der Waals surface area contributed by atoms with Crippen LogP contribution in [-0.2, 0) is 23.8 Å². The molecule has 17 heteroatoms. The molecule has 4 heterocycles. The molecule has 348 valence electrons. The third-order valence-corrected chi connectivity index (χ3v) is 13.3. The average Bonchev–Trinajstić information content (AvgIpc) is 3.44. The highest BCUT2D eigenvalue weighted by Crippen LogP contribution is 2.44. The fraction of sp³-hybridized carbons (Fsp3) is 0.479. The lowest BCUT2D eigenvalue weighted by Gasteiger charge is -2.38. The summed E-state index contributed by atoms with van der Waals surface area (Å²) in [5, 5.41) is 49.3. The Morgan fingerprint density at radius 2 is 1.63 bits per heavy atom. The maximum Gasteiger partial charge on any atom is 0.307 e. The first-order valence-electron chi connectivity index (χ1n) is 21.7. The van der Waals surface area contributed by atoms with E-state index >= 15 is 0 Å². The fourth-order valence-corrected chi connectivity index (χ4v) is 9.35. The van der Waals surface area contributed by atoms with Crippen molar-refractivity contribution in [2.24, 2.45) is 23.7 Å². The summed E-state index contributed by atoms with van der Waals surface area (Å²) in [5.74, 6) is -6.95. The van der Waals surface area contributed by atoms with Gasteiger partial charge in [-0.3, -0.25) is 19.2 Å². The van der Waals surface area contributed by atoms with Crippen molar-refractivity contribution in [3.63, 3.8) is 0 Å². The van der Waals surface area contributed by atoms with Crippen molar-refractivity contribution >= 4 is 67.7 Å². The minimum Gasteiger partial charge on any atom is -0.507 e. The summed E-state index contributed by atoms with van der Waals surface area (Å²) in [6.45, 7) is 13.8. The molecule has 0 aliphatic carbocycles. The van der Waals surface area contributed by atoms with Gasteiger partial charge in [0, 0.05) is 94.4 Å². The van der Waals surface area contributed by atoms with Crippen molar-refractivity contribution in [1.82, 2.24) is 4.98 Å². The van der Waals surface area contributed by atoms with Gasteiger partial charge >= 0.3 is 11.8 Å². The predicted octanol–water partition coefficient (Wildman–Crippen LogP) is 4.84. The summed E-state index contributed by atoms with van der Waals surface area (Å²) in [7, 11) is 5.15. The van der Waals surface area contributed by atoms with Crippen molar-refractivity contribution in [3.05, 3.63) is 73.4 Å². The Balaban J connectivity index is 1.53. The van der Waals surface area contributed by atoms with Crippen LogP contribution in [-0.4, -0.2) is 102 Å². The van der Waals surface area contributed by atoms with Crippen LogP contribution in [0.4, 0.5) is 17.1 Å². The van der Waals surface area contributed by atoms with Gasteiger partial charge in [-0.05, 0) is 26.3 Å². The number of phenols is 1. The summed E-state index contributed by atoms with van der Waals surface area (Å²) < 4.78 is 30.7. The Morgan fingerprint density at radius 1 is 0.938 bits per heavy atom. The number of hydrogen-bond acceptors (Lipinski definition) is 16. The molecule has 1 aromatic heterocycles. The van der Waals surface area contributed by atoms with E-state index in [2.05, 4.69) is 5.32 Å². The number of nitrogens with one attached hydrogen (secondary N) is 1. The van der Waals surface area contributed by atoms with Gasteiger partial charge < -0.3 is 58.9 Å². The van der Waals surface area contributed by atoms with Gasteiger partial charge in [0.15, 0.2) is 22.4 Å². The monoisotopic (exact) mass is 898 g/mol. The molecule has 0 saturated carbocycles. The molecule has 0 saturated heterocycles. The topological polar surface area (TPSA) is 231 Å². The van der Waals surface area contributed by atoms with Gasteiger partial charge in [0.2, 0.25) is 10.9 Å². The third kappa shape index (κ3) is 8.03. The number of aliphatic hydroxyl groups is 3. The van der Waals surface area contributed by atoms with Gasteiger partial charge in [-0.15, -0.1) is 0 Å². The molecule has 17 nitrogen and oxygen atoms in total. The number of esters is 1. The van der Waals surface area contributed by atoms with E-state index in [0.29, 0.717) is 24.5 Å². The summed E-state index contributed by atoms with van der Waals surface area (Å²) in [6.07, 6.45) is 4.32. The second-order valence-electron chi connectivity index (χ2n) is 17.9. The zero-order valence-electron chi connectivity index (χ0n) is 38.5. The number of methoxy groups -OCH3 is 1. The molecule has 4 bridgehead atoms. The molecule has 3 aliphatic heterocycles. The molecule has 0 fully saturated rings. The van der Waals surface area contributed by atoms with E-state index in [-0.39, 0.29) is 60.8 Å². The average molecular weight is 899 g/mol. The van der Waals surface area contributed by atoms with Gasteiger partial charge in [0.05, 0.1) is 40.9 Å². The van der Waals surface area contributed by atoms with Crippen LogP contribution in [0.15, 0.2) is 56.2 Å². The zero-order valence-corrected chi connectivity index (χ0v) is 38.5. The highest BCUT2D eigenvalue weighted by molar-refractivity contribution is 6.17. The SMILES string of the molecule is CO[C@H]1/C=C/O[C@@]2(C)Oc3c(C)c(O)c4c(=O)c(c5oc6c7c(cc(=O)c6nc5c4c3=C2O)N(C)CCCN7C)NC(=O)/C(C)=C\C=C\[C@H](C)[C@H](O)[C@@H](C)[C@@H](O)[C@@H](C)[C@H](OC(C)=O)[C@@H]1C. The normalized spacial score (nSPS) is 29.8. The second-order valence-corrected chi connectivity index (χ2v) is 17.9. The van der Waals surface area contributed by atoms with Crippen LogP contribution in [0.5, 0.6) is 11.5 Å². The first-order valence-corrected chi connectivity index (χ1v) is 21.7. The largest absolute Gasteiger partial charge is 0.507 e. The van der Waals surface area contributed by atoms with Gasteiger partial charge in [0.25, 0.3) is 5.91 Å². The molecule has 1 amide bonds. The molecular weight excluding hydrogens is 841 g/mol. The van der Waals surface area contributed by atoms with Crippen molar-refractivity contribution < 1.29 is 53.4 Å². The Kier molecular flexibility index (Phi) is 12.7. The fourth-order valence-electron chi connectivity index (χ4n) is 9.35. The lowest BCUT2D eigenvalue weighted by molar-refractivity contribution is -0.160. The molecule has 9 atom stereocenters. The summed E-state index contributed by atoms with van der Waals surface area (Å²) in [4.78, 5) is 64.1. The van der Waals surface area contributed by atoms with E-state index in [9.17, 15) is 39.6 Å². The number of phenolic OH excluding ortho intramolecular Hbond substituents is 1. The number of allylic oxidation sites excluding steroid dienone is 2. The number of anilines is 3. The smallest absolute Gasteiger partial charge is 0.307 e. The molecule has 0 radical (unpaired) electrons. The van der Waals surface area contributed by atoms with Crippen LogP contribution in [0.2, 0.25) is 0 Å². The van der Waals surface area contributed by atoms with E-state index in [1.165, 1.54) is 59.3 Å². The minimum atomic E-state index is -1.99. The number of ether oxygens (including phenoxy) is 4. The van der Waals surface area contributed by atoms with E-state index in [1.807, 2.05) is 23.9 Å². The summed E-state index contributed by atoms with van der Waals surface area (Å²) in [5.41, 5.74) is -0.849. The van der Waals surface area contributed by atoms with Gasteiger partial charge in [-0.2, -0.15) is 0 Å². The maximum absolute atomic E-state index is 14.9. The van der Waals surface area contributed by atoms with Crippen molar-refractivity contribution in [2.75, 3.05) is 49.4 Å². The molecule has 3 aliphatic rings. The van der Waals surface area contributed by atoms with E-state index in [1.54, 1.807) is 39.8 Å². The Morgan fingerprint density at radius 3 is 2.31 bits per heavy atom. The number of hydrogen-bond donors (Lipinski definition) is 5. The van der Waals surface area contributed by atoms with Crippen LogP contribution >= 0.6 is 0 Å². The summed E-state index contributed by atoms with van der Waals surface area (Å²) >= 11 is 0. The van der Waals surface area contributed by atoms with E-state index in [4.69, 9.17) is 28.3 Å². The Hall–Kier alpha value is -6.17. The number of carbonyl (C=O) groups is 2. The third-order valence-electron chi connectivity index (χ3n) is 13.3. The number of fused-ring (bicyclic) bond motifs is 4. The Bertz CT molecular complexity index is 2870. The Labute approximate surface area is 375 Å². The standard InChI is InChI=1S/C48H58N4O13/c1-21-14-12-15-22(2)47(60)50-36-41(58)32-31(35-44(36)64-45-34(49-35)29(54)20-28-37(45)52(10)18-13-17-51(28)9)33-43(26(6)40(32)57)65-48(8,46(33)59)62-19-16-30(61-11)23(3)42(63-27(7)53)25(5)39(56)24(4)38(21)55/h12,14-16,19-21,23-25,30,38-39,42,55-57,59H,13,17-18H2,1-11H3,(H,50,60)/b14-12+,19-16+,22-15-/t21-,23+,24+,25+,30-,38-,39+,42+,48-/m0/s1. The number of nitrogens with zero attached hydrogens (tertiary/aromatic N) is 3. The van der Waals surface area contributed by atoms with Crippen LogP contribution in [0, 0.1) is 30.6 Å². The highest BCUT2D eigenvalue weighted by atomic mass is 16.7. The maximum atomic E-state index is 14.9.